The number of aryl methyl sites for hydroxylation is 1. The maximum absolute atomic E-state index is 11.1. The van der Waals surface area contributed by atoms with Crippen LogP contribution in [0.25, 0.3) is 16.7 Å². The van der Waals surface area contributed by atoms with Crippen molar-refractivity contribution in [2.45, 2.75) is 13.3 Å². The molecule has 0 aliphatic carbocycles. The van der Waals surface area contributed by atoms with Gasteiger partial charge in [0.2, 0.25) is 0 Å². The lowest BCUT2D eigenvalue weighted by Crippen LogP contribution is -2.01. The second-order valence-electron chi connectivity index (χ2n) is 4.68. The number of imidazole rings is 1. The van der Waals surface area contributed by atoms with Crippen molar-refractivity contribution in [1.29, 1.82) is 0 Å². The Labute approximate surface area is 126 Å². The first-order valence-corrected chi connectivity index (χ1v) is 6.99. The topological polar surface area (TPSA) is 55.1 Å². The first kappa shape index (κ1) is 13.6. The molecule has 0 saturated carbocycles. The van der Waals surface area contributed by atoms with Gasteiger partial charge in [-0.25, -0.2) is 9.78 Å². The Kier molecular flexibility index (Phi) is 3.39. The second kappa shape index (κ2) is 5.22. The number of benzene rings is 2. The Balaban J connectivity index is 2.31. The lowest BCUT2D eigenvalue weighted by atomic mass is 10.2. The van der Waals surface area contributed by atoms with Crippen LogP contribution in [-0.2, 0) is 6.42 Å². The highest BCUT2D eigenvalue weighted by molar-refractivity contribution is 6.32. The molecule has 0 radical (unpaired) electrons. The molecular formula is C16H13ClN2O2. The second-order valence-corrected chi connectivity index (χ2v) is 5.08. The summed E-state index contributed by atoms with van der Waals surface area (Å²) >= 11 is 6.28. The van der Waals surface area contributed by atoms with Gasteiger partial charge in [0.05, 0.1) is 27.3 Å². The molecule has 21 heavy (non-hydrogen) atoms. The standard InChI is InChI=1S/C16H13ClN2O2/c1-2-15-18-12-9-10(16(20)21)7-8-14(12)19(15)13-6-4-3-5-11(13)17/h3-9H,2H2,1H3,(H,20,21). The van der Waals surface area contributed by atoms with E-state index >= 15 is 0 Å². The molecule has 0 unspecified atom stereocenters. The van der Waals surface area contributed by atoms with E-state index in [9.17, 15) is 4.79 Å². The van der Waals surface area contributed by atoms with Crippen LogP contribution in [0.5, 0.6) is 0 Å². The molecule has 0 amide bonds. The monoisotopic (exact) mass is 300 g/mol. The van der Waals surface area contributed by atoms with E-state index in [-0.39, 0.29) is 5.56 Å². The van der Waals surface area contributed by atoms with Crippen molar-refractivity contribution < 1.29 is 9.90 Å². The van der Waals surface area contributed by atoms with Crippen molar-refractivity contribution in [2.75, 3.05) is 0 Å². The Hall–Kier alpha value is -2.33. The van der Waals surface area contributed by atoms with E-state index in [2.05, 4.69) is 4.98 Å². The third kappa shape index (κ3) is 2.28. The molecule has 0 fully saturated rings. The van der Waals surface area contributed by atoms with Gasteiger partial charge in [-0.1, -0.05) is 30.7 Å². The van der Waals surface area contributed by atoms with E-state index in [1.165, 1.54) is 0 Å². The summed E-state index contributed by atoms with van der Waals surface area (Å²) in [6.07, 6.45) is 0.725. The van der Waals surface area contributed by atoms with Gasteiger partial charge in [-0.2, -0.15) is 0 Å². The van der Waals surface area contributed by atoms with Crippen LogP contribution in [0.1, 0.15) is 23.1 Å². The Morgan fingerprint density at radius 2 is 2.05 bits per heavy atom. The van der Waals surface area contributed by atoms with Crippen molar-refractivity contribution in [3.05, 3.63) is 58.9 Å². The number of halogens is 1. The van der Waals surface area contributed by atoms with E-state index in [1.54, 1.807) is 18.2 Å². The molecule has 1 N–H and O–H groups in total. The molecule has 0 bridgehead atoms. The summed E-state index contributed by atoms with van der Waals surface area (Å²) < 4.78 is 1.98. The predicted octanol–water partition coefficient (Wildman–Crippen LogP) is 3.94. The van der Waals surface area contributed by atoms with E-state index in [1.807, 2.05) is 35.8 Å². The fraction of sp³-hybridized carbons (Fsp3) is 0.125. The lowest BCUT2D eigenvalue weighted by molar-refractivity contribution is 0.0697. The molecule has 2 aromatic carbocycles. The Morgan fingerprint density at radius 3 is 2.71 bits per heavy atom. The van der Waals surface area contributed by atoms with Gasteiger partial charge >= 0.3 is 5.97 Å². The molecule has 4 nitrogen and oxygen atoms in total. The average molecular weight is 301 g/mol. The maximum atomic E-state index is 11.1. The number of hydrogen-bond acceptors (Lipinski definition) is 2. The number of rotatable bonds is 3. The third-order valence-electron chi connectivity index (χ3n) is 3.38. The lowest BCUT2D eigenvalue weighted by Gasteiger charge is -2.10. The first-order valence-electron chi connectivity index (χ1n) is 6.61. The quantitative estimate of drug-likeness (QED) is 0.797. The minimum Gasteiger partial charge on any atom is -0.478 e. The van der Waals surface area contributed by atoms with Crippen LogP contribution in [0.3, 0.4) is 0 Å². The molecule has 1 aromatic heterocycles. The molecule has 106 valence electrons. The molecule has 3 aromatic rings. The molecule has 0 atom stereocenters. The van der Waals surface area contributed by atoms with Gasteiger partial charge in [0.15, 0.2) is 0 Å². The highest BCUT2D eigenvalue weighted by Crippen LogP contribution is 2.27. The van der Waals surface area contributed by atoms with Crippen molar-refractivity contribution in [2.24, 2.45) is 0 Å². The van der Waals surface area contributed by atoms with Gasteiger partial charge in [-0.05, 0) is 30.3 Å². The predicted molar refractivity (Wildman–Crippen MR) is 82.4 cm³/mol. The van der Waals surface area contributed by atoms with E-state index in [0.29, 0.717) is 10.5 Å². The number of carboxylic acids is 1. The van der Waals surface area contributed by atoms with Crippen LogP contribution in [-0.4, -0.2) is 20.6 Å². The number of nitrogens with zero attached hydrogens (tertiary/aromatic N) is 2. The molecule has 5 heteroatoms. The summed E-state index contributed by atoms with van der Waals surface area (Å²) in [6, 6.07) is 12.5. The van der Waals surface area contributed by atoms with Crippen molar-refractivity contribution in [1.82, 2.24) is 9.55 Å². The summed E-state index contributed by atoms with van der Waals surface area (Å²) in [5, 5.41) is 9.72. The normalized spacial score (nSPS) is 11.0. The molecule has 0 aliphatic heterocycles. The van der Waals surface area contributed by atoms with E-state index in [4.69, 9.17) is 16.7 Å². The Bertz CT molecular complexity index is 839. The third-order valence-corrected chi connectivity index (χ3v) is 3.70. The zero-order chi connectivity index (χ0) is 15.0. The van der Waals surface area contributed by atoms with E-state index < -0.39 is 5.97 Å². The minimum atomic E-state index is -0.956. The number of hydrogen-bond donors (Lipinski definition) is 1. The molecule has 3 rings (SSSR count). The van der Waals surface area contributed by atoms with Crippen LogP contribution in [0.15, 0.2) is 42.5 Å². The summed E-state index contributed by atoms with van der Waals surface area (Å²) in [5.41, 5.74) is 2.59. The van der Waals surface area contributed by atoms with E-state index in [0.717, 1.165) is 23.4 Å². The molecule has 0 aliphatic rings. The summed E-state index contributed by atoms with van der Waals surface area (Å²) in [4.78, 5) is 15.6. The zero-order valence-corrected chi connectivity index (χ0v) is 12.1. The van der Waals surface area contributed by atoms with Gasteiger partial charge in [0.25, 0.3) is 0 Å². The smallest absolute Gasteiger partial charge is 0.335 e. The number of para-hydroxylation sites is 1. The zero-order valence-electron chi connectivity index (χ0n) is 11.4. The van der Waals surface area contributed by atoms with Crippen molar-refractivity contribution in [3.8, 4) is 5.69 Å². The first-order chi connectivity index (χ1) is 10.1. The number of aromatic nitrogens is 2. The Morgan fingerprint density at radius 1 is 1.29 bits per heavy atom. The highest BCUT2D eigenvalue weighted by Gasteiger charge is 2.14. The largest absolute Gasteiger partial charge is 0.478 e. The molecule has 0 spiro atoms. The molecular weight excluding hydrogens is 288 g/mol. The fourth-order valence-electron chi connectivity index (χ4n) is 2.40. The van der Waals surface area contributed by atoms with Gasteiger partial charge in [0, 0.05) is 6.42 Å². The maximum Gasteiger partial charge on any atom is 0.335 e. The molecule has 0 saturated heterocycles. The summed E-state index contributed by atoms with van der Waals surface area (Å²) in [6.45, 7) is 2.01. The van der Waals surface area contributed by atoms with Crippen LogP contribution >= 0.6 is 11.6 Å². The minimum absolute atomic E-state index is 0.231. The van der Waals surface area contributed by atoms with Gasteiger partial charge in [0.1, 0.15) is 5.82 Å². The number of fused-ring (bicyclic) bond motifs is 1. The van der Waals surface area contributed by atoms with Crippen LogP contribution in [0.2, 0.25) is 5.02 Å². The van der Waals surface area contributed by atoms with Crippen molar-refractivity contribution >= 4 is 28.6 Å². The fourth-order valence-corrected chi connectivity index (χ4v) is 2.62. The number of carbonyl (C=O) groups is 1. The SMILES string of the molecule is CCc1nc2cc(C(=O)O)ccc2n1-c1ccccc1Cl. The van der Waals surface area contributed by atoms with Crippen molar-refractivity contribution in [3.63, 3.8) is 0 Å². The number of aromatic carboxylic acids is 1. The van der Waals surface area contributed by atoms with Crippen LogP contribution < -0.4 is 0 Å². The van der Waals surface area contributed by atoms with Gasteiger partial charge in [-0.15, -0.1) is 0 Å². The van der Waals surface area contributed by atoms with Gasteiger partial charge < -0.3 is 5.11 Å². The summed E-state index contributed by atoms with van der Waals surface area (Å²) in [7, 11) is 0. The number of carboxylic acid groups (broad SMARTS) is 1. The highest BCUT2D eigenvalue weighted by atomic mass is 35.5. The average Bonchev–Trinajstić information content (AvgIpc) is 2.85. The molecule has 1 heterocycles. The summed E-state index contributed by atoms with van der Waals surface area (Å²) in [5.74, 6) is -0.108. The van der Waals surface area contributed by atoms with Crippen LogP contribution in [0.4, 0.5) is 0 Å². The van der Waals surface area contributed by atoms with Gasteiger partial charge in [-0.3, -0.25) is 4.57 Å². The van der Waals surface area contributed by atoms with Crippen LogP contribution in [0, 0.1) is 0 Å².